The molecule has 0 saturated carbocycles. The van der Waals surface area contributed by atoms with E-state index in [9.17, 15) is 0 Å². The second-order valence-electron chi connectivity index (χ2n) is 2.47. The highest BCUT2D eigenvalue weighted by molar-refractivity contribution is 4.91. The Bertz CT molecular complexity index is 127. The molecule has 0 bridgehead atoms. The van der Waals surface area contributed by atoms with Gasteiger partial charge in [0.2, 0.25) is 0 Å². The molecule has 0 aromatic carbocycles. The Hall–Kier alpha value is -0.200. The molecular weight excluding hydrogens is 138 g/mol. The first kappa shape index (κ1) is 7.90. The summed E-state index contributed by atoms with van der Waals surface area (Å²) in [5.74, 6) is 0. The van der Waals surface area contributed by atoms with Crippen LogP contribution in [0.5, 0.6) is 0 Å². The van der Waals surface area contributed by atoms with Gasteiger partial charge in [-0.05, 0) is 0 Å². The summed E-state index contributed by atoms with van der Waals surface area (Å²) < 4.78 is 4.75. The van der Waals surface area contributed by atoms with Crippen molar-refractivity contribution in [3.8, 4) is 0 Å². The van der Waals surface area contributed by atoms with Crippen LogP contribution in [0, 0.1) is 0 Å². The first-order valence-electron chi connectivity index (χ1n) is 2.99. The number of hydrogen-bond acceptors (Lipinski definition) is 5. The number of ether oxygens (including phenoxy) is 1. The van der Waals surface area contributed by atoms with Crippen molar-refractivity contribution in [3.63, 3.8) is 0 Å². The second-order valence-corrected chi connectivity index (χ2v) is 2.47. The molecule has 3 atom stereocenters. The van der Waals surface area contributed by atoms with E-state index in [4.69, 9.17) is 25.8 Å². The molecule has 0 amide bonds. The van der Waals surface area contributed by atoms with Gasteiger partial charge < -0.3 is 20.1 Å². The smallest absolute Gasteiger partial charge is 0.165 e. The molecule has 0 aliphatic carbocycles. The topological polar surface area (TPSA) is 95.9 Å². The van der Waals surface area contributed by atoms with Gasteiger partial charge in [0, 0.05) is 0 Å². The SMILES string of the molecule is N[C@@]1(O)CO[C@@H](CO)[C@@H]1O. The average molecular weight is 149 g/mol. The summed E-state index contributed by atoms with van der Waals surface area (Å²) in [4.78, 5) is 0. The van der Waals surface area contributed by atoms with E-state index >= 15 is 0 Å². The van der Waals surface area contributed by atoms with Gasteiger partial charge in [-0.3, -0.25) is 5.73 Å². The zero-order chi connectivity index (χ0) is 7.78. The molecule has 5 N–H and O–H groups in total. The quantitative estimate of drug-likeness (QED) is 0.306. The minimum atomic E-state index is -1.70. The standard InChI is InChI=1S/C5H11NO4/c6-5(9)2-10-3(1-7)4(5)8/h3-4,7-9H,1-2,6H2/t3-,4-,5+/m0/s1. The van der Waals surface area contributed by atoms with Gasteiger partial charge in [-0.1, -0.05) is 0 Å². The van der Waals surface area contributed by atoms with Gasteiger partial charge in [0.05, 0.1) is 13.2 Å². The lowest BCUT2D eigenvalue weighted by Crippen LogP contribution is -2.52. The van der Waals surface area contributed by atoms with Gasteiger partial charge in [-0.15, -0.1) is 0 Å². The lowest BCUT2D eigenvalue weighted by molar-refractivity contribution is -0.0511. The highest BCUT2D eigenvalue weighted by Gasteiger charge is 2.44. The van der Waals surface area contributed by atoms with Crippen LogP contribution in [-0.2, 0) is 4.74 Å². The molecule has 5 nitrogen and oxygen atoms in total. The van der Waals surface area contributed by atoms with Crippen LogP contribution in [0.4, 0.5) is 0 Å². The van der Waals surface area contributed by atoms with Crippen molar-refractivity contribution in [1.29, 1.82) is 0 Å². The fourth-order valence-electron chi connectivity index (χ4n) is 0.892. The van der Waals surface area contributed by atoms with Crippen molar-refractivity contribution in [2.24, 2.45) is 5.73 Å². The van der Waals surface area contributed by atoms with E-state index < -0.39 is 17.9 Å². The third-order valence-corrected chi connectivity index (χ3v) is 1.57. The minimum Gasteiger partial charge on any atom is -0.394 e. The number of nitrogens with two attached hydrogens (primary N) is 1. The zero-order valence-corrected chi connectivity index (χ0v) is 5.40. The van der Waals surface area contributed by atoms with Crippen LogP contribution >= 0.6 is 0 Å². The van der Waals surface area contributed by atoms with Crippen LogP contribution in [-0.4, -0.2) is 46.5 Å². The van der Waals surface area contributed by atoms with Crippen LogP contribution in [0.1, 0.15) is 0 Å². The third-order valence-electron chi connectivity index (χ3n) is 1.57. The van der Waals surface area contributed by atoms with Crippen molar-refractivity contribution in [2.45, 2.75) is 17.9 Å². The summed E-state index contributed by atoms with van der Waals surface area (Å²) in [6.45, 7) is -0.472. The van der Waals surface area contributed by atoms with E-state index in [0.717, 1.165) is 0 Å². The molecular formula is C5H11NO4. The molecule has 1 fully saturated rings. The average Bonchev–Trinajstić information content (AvgIpc) is 2.10. The van der Waals surface area contributed by atoms with Crippen molar-refractivity contribution in [3.05, 3.63) is 0 Å². The Kier molecular flexibility index (Phi) is 1.93. The first-order chi connectivity index (χ1) is 4.58. The van der Waals surface area contributed by atoms with E-state index in [0.29, 0.717) is 0 Å². The Morgan fingerprint density at radius 3 is 2.50 bits per heavy atom. The van der Waals surface area contributed by atoms with Gasteiger partial charge in [0.25, 0.3) is 0 Å². The van der Waals surface area contributed by atoms with Gasteiger partial charge >= 0.3 is 0 Å². The van der Waals surface area contributed by atoms with Crippen LogP contribution in [0.2, 0.25) is 0 Å². The molecule has 0 spiro atoms. The molecule has 1 aliphatic rings. The highest BCUT2D eigenvalue weighted by atomic mass is 16.5. The fourth-order valence-corrected chi connectivity index (χ4v) is 0.892. The maximum absolute atomic E-state index is 9.06. The molecule has 1 saturated heterocycles. The predicted octanol–water partition coefficient (Wildman–Crippen LogP) is -2.61. The van der Waals surface area contributed by atoms with Crippen molar-refractivity contribution in [2.75, 3.05) is 13.2 Å². The van der Waals surface area contributed by atoms with Crippen LogP contribution in [0.25, 0.3) is 0 Å². The van der Waals surface area contributed by atoms with Gasteiger partial charge in [0.15, 0.2) is 5.72 Å². The molecule has 10 heavy (non-hydrogen) atoms. The summed E-state index contributed by atoms with van der Waals surface area (Å²) in [7, 11) is 0. The Balaban J connectivity index is 2.58. The Labute approximate surface area is 58.0 Å². The lowest BCUT2D eigenvalue weighted by Gasteiger charge is -2.19. The van der Waals surface area contributed by atoms with Crippen molar-refractivity contribution in [1.82, 2.24) is 0 Å². The van der Waals surface area contributed by atoms with Gasteiger partial charge in [-0.25, -0.2) is 0 Å². The molecule has 1 aliphatic heterocycles. The summed E-state index contributed by atoms with van der Waals surface area (Å²) in [6.07, 6.45) is -1.95. The summed E-state index contributed by atoms with van der Waals surface area (Å²) in [6, 6.07) is 0. The summed E-state index contributed by atoms with van der Waals surface area (Å²) >= 11 is 0. The predicted molar refractivity (Wildman–Crippen MR) is 32.0 cm³/mol. The number of aliphatic hydroxyl groups excluding tert-OH is 2. The fraction of sp³-hybridized carbons (Fsp3) is 1.00. The van der Waals surface area contributed by atoms with Gasteiger partial charge in [-0.2, -0.15) is 0 Å². The van der Waals surface area contributed by atoms with E-state index in [1.54, 1.807) is 0 Å². The highest BCUT2D eigenvalue weighted by Crippen LogP contribution is 2.19. The van der Waals surface area contributed by atoms with Gasteiger partial charge in [0.1, 0.15) is 12.2 Å². The van der Waals surface area contributed by atoms with Crippen molar-refractivity contribution >= 4 is 0 Å². The van der Waals surface area contributed by atoms with Crippen LogP contribution < -0.4 is 5.73 Å². The Morgan fingerprint density at radius 1 is 1.70 bits per heavy atom. The molecule has 1 heterocycles. The Morgan fingerprint density at radius 2 is 2.30 bits per heavy atom. The summed E-state index contributed by atoms with van der Waals surface area (Å²) in [5.41, 5.74) is 3.46. The van der Waals surface area contributed by atoms with E-state index in [2.05, 4.69) is 0 Å². The monoisotopic (exact) mass is 149 g/mol. The molecule has 1 rings (SSSR count). The molecule has 0 radical (unpaired) electrons. The first-order valence-corrected chi connectivity index (χ1v) is 2.99. The third kappa shape index (κ3) is 1.14. The molecule has 0 aromatic rings. The van der Waals surface area contributed by atoms with Crippen LogP contribution in [0.15, 0.2) is 0 Å². The largest absolute Gasteiger partial charge is 0.394 e. The number of rotatable bonds is 1. The minimum absolute atomic E-state index is 0.139. The van der Waals surface area contributed by atoms with E-state index in [1.165, 1.54) is 0 Å². The normalized spacial score (nSPS) is 48.0. The second kappa shape index (κ2) is 2.44. The molecule has 0 unspecified atom stereocenters. The summed E-state index contributed by atoms with van der Waals surface area (Å²) in [5, 5.41) is 26.6. The van der Waals surface area contributed by atoms with Crippen LogP contribution in [0.3, 0.4) is 0 Å². The maximum atomic E-state index is 9.06. The van der Waals surface area contributed by atoms with E-state index in [1.807, 2.05) is 0 Å². The number of aliphatic hydroxyl groups is 3. The van der Waals surface area contributed by atoms with E-state index in [-0.39, 0.29) is 13.2 Å². The zero-order valence-electron chi connectivity index (χ0n) is 5.40. The molecule has 5 heteroatoms. The molecule has 60 valence electrons. The maximum Gasteiger partial charge on any atom is 0.165 e. The number of hydrogen-bond donors (Lipinski definition) is 4. The van der Waals surface area contributed by atoms with Crippen molar-refractivity contribution < 1.29 is 20.1 Å². The lowest BCUT2D eigenvalue weighted by atomic mass is 10.1. The molecule has 0 aromatic heterocycles.